The molecule has 0 aliphatic carbocycles. The Morgan fingerprint density at radius 3 is 2.82 bits per heavy atom. The molecule has 0 saturated carbocycles. The average molecular weight is 248 g/mol. The van der Waals surface area contributed by atoms with Gasteiger partial charge in [-0.1, -0.05) is 6.92 Å². The zero-order chi connectivity index (χ0) is 12.3. The first-order valence-corrected chi connectivity index (χ1v) is 6.55. The minimum Gasteiger partial charge on any atom is -0.359 e. The molecule has 17 heavy (non-hydrogen) atoms. The van der Waals surface area contributed by atoms with Crippen molar-refractivity contribution in [1.29, 1.82) is 0 Å². The number of nitrogens with one attached hydrogen (secondary N) is 1. The highest BCUT2D eigenvalue weighted by Crippen LogP contribution is 2.24. The molecule has 1 N–H and O–H groups in total. The van der Waals surface area contributed by atoms with Crippen molar-refractivity contribution in [3.63, 3.8) is 0 Å². The fourth-order valence-electron chi connectivity index (χ4n) is 1.58. The summed E-state index contributed by atoms with van der Waals surface area (Å²) in [5, 5.41) is 6.50. The van der Waals surface area contributed by atoms with Crippen molar-refractivity contribution in [3.8, 4) is 0 Å². The lowest BCUT2D eigenvalue weighted by atomic mass is 10.2. The second-order valence-corrected chi connectivity index (χ2v) is 4.85. The lowest BCUT2D eigenvalue weighted by molar-refractivity contribution is 0.733. The van der Waals surface area contributed by atoms with E-state index < -0.39 is 0 Å². The van der Waals surface area contributed by atoms with Crippen LogP contribution < -0.4 is 5.32 Å². The standard InChI is InChI=1S/C12H16N4S/c1-4-10(12-13-5-6-17-12)16-11-9(3)14-7-8(2)15-11/h5-7,10H,4H2,1-3H3,(H,15,16). The minimum atomic E-state index is 0.213. The topological polar surface area (TPSA) is 50.7 Å². The SMILES string of the molecule is CCC(Nc1nc(C)cnc1C)c1nccs1. The molecule has 90 valence electrons. The molecule has 2 aromatic rings. The van der Waals surface area contributed by atoms with Crippen molar-refractivity contribution >= 4 is 17.2 Å². The third-order valence-corrected chi connectivity index (χ3v) is 3.43. The van der Waals surface area contributed by atoms with Crippen molar-refractivity contribution < 1.29 is 0 Å². The number of rotatable bonds is 4. The van der Waals surface area contributed by atoms with Gasteiger partial charge in [0.2, 0.25) is 0 Å². The zero-order valence-corrected chi connectivity index (χ0v) is 11.1. The maximum absolute atomic E-state index is 4.47. The molecule has 2 rings (SSSR count). The Labute approximate surface area is 105 Å². The van der Waals surface area contributed by atoms with E-state index in [0.717, 1.165) is 28.6 Å². The van der Waals surface area contributed by atoms with Crippen LogP contribution in [0.2, 0.25) is 0 Å². The molecule has 5 heteroatoms. The number of anilines is 1. The third-order valence-electron chi connectivity index (χ3n) is 2.54. The summed E-state index contributed by atoms with van der Waals surface area (Å²) in [6.45, 7) is 6.04. The molecule has 1 atom stereocenters. The fourth-order valence-corrected chi connectivity index (χ4v) is 2.36. The highest BCUT2D eigenvalue weighted by Gasteiger charge is 2.13. The molecule has 2 aromatic heterocycles. The Morgan fingerprint density at radius 2 is 2.18 bits per heavy atom. The van der Waals surface area contributed by atoms with E-state index in [-0.39, 0.29) is 6.04 Å². The van der Waals surface area contributed by atoms with Gasteiger partial charge in [-0.25, -0.2) is 9.97 Å². The summed E-state index contributed by atoms with van der Waals surface area (Å²) in [4.78, 5) is 13.1. The Kier molecular flexibility index (Phi) is 3.68. The van der Waals surface area contributed by atoms with Gasteiger partial charge in [0.15, 0.2) is 0 Å². The minimum absolute atomic E-state index is 0.213. The molecule has 2 heterocycles. The first-order valence-electron chi connectivity index (χ1n) is 5.67. The molecule has 1 unspecified atom stereocenters. The molecule has 0 saturated heterocycles. The van der Waals surface area contributed by atoms with Crippen molar-refractivity contribution in [2.45, 2.75) is 33.2 Å². The Bertz CT molecular complexity index is 481. The van der Waals surface area contributed by atoms with E-state index in [1.807, 2.05) is 25.4 Å². The summed E-state index contributed by atoms with van der Waals surface area (Å²) in [5.41, 5.74) is 1.85. The van der Waals surface area contributed by atoms with Crippen molar-refractivity contribution in [3.05, 3.63) is 34.2 Å². The molecule has 4 nitrogen and oxygen atoms in total. The highest BCUT2D eigenvalue weighted by atomic mass is 32.1. The fraction of sp³-hybridized carbons (Fsp3) is 0.417. The van der Waals surface area contributed by atoms with E-state index in [9.17, 15) is 0 Å². The summed E-state index contributed by atoms with van der Waals surface area (Å²) in [6.07, 6.45) is 4.59. The summed E-state index contributed by atoms with van der Waals surface area (Å²) < 4.78 is 0. The first kappa shape index (κ1) is 12.0. The van der Waals surface area contributed by atoms with Crippen LogP contribution in [-0.2, 0) is 0 Å². The second kappa shape index (κ2) is 5.23. The molecular formula is C12H16N4S. The predicted octanol–water partition coefficient (Wildman–Crippen LogP) is 3.11. The van der Waals surface area contributed by atoms with E-state index in [1.54, 1.807) is 17.5 Å². The average Bonchev–Trinajstić information content (AvgIpc) is 2.84. The maximum atomic E-state index is 4.47. The van der Waals surface area contributed by atoms with Crippen LogP contribution in [0.25, 0.3) is 0 Å². The molecule has 0 bridgehead atoms. The van der Waals surface area contributed by atoms with Gasteiger partial charge < -0.3 is 5.32 Å². The van der Waals surface area contributed by atoms with Gasteiger partial charge in [-0.05, 0) is 20.3 Å². The third kappa shape index (κ3) is 2.79. The van der Waals surface area contributed by atoms with Gasteiger partial charge in [-0.15, -0.1) is 11.3 Å². The van der Waals surface area contributed by atoms with Gasteiger partial charge in [-0.2, -0.15) is 0 Å². The van der Waals surface area contributed by atoms with Crippen LogP contribution in [0.5, 0.6) is 0 Å². The van der Waals surface area contributed by atoms with Crippen LogP contribution in [0.15, 0.2) is 17.8 Å². The number of hydrogen-bond acceptors (Lipinski definition) is 5. The predicted molar refractivity (Wildman–Crippen MR) is 70.3 cm³/mol. The number of aryl methyl sites for hydroxylation is 2. The summed E-state index contributed by atoms with van der Waals surface area (Å²) in [7, 11) is 0. The summed E-state index contributed by atoms with van der Waals surface area (Å²) in [5.74, 6) is 0.854. The van der Waals surface area contributed by atoms with E-state index in [4.69, 9.17) is 0 Å². The quantitative estimate of drug-likeness (QED) is 0.903. The van der Waals surface area contributed by atoms with Crippen molar-refractivity contribution in [1.82, 2.24) is 15.0 Å². The molecule has 0 radical (unpaired) electrons. The highest BCUT2D eigenvalue weighted by molar-refractivity contribution is 7.09. The van der Waals surface area contributed by atoms with Crippen LogP contribution in [0.1, 0.15) is 35.8 Å². The van der Waals surface area contributed by atoms with Gasteiger partial charge in [0.1, 0.15) is 10.8 Å². The number of aromatic nitrogens is 3. The zero-order valence-electron chi connectivity index (χ0n) is 10.3. The lowest BCUT2D eigenvalue weighted by Crippen LogP contribution is -2.12. The van der Waals surface area contributed by atoms with Crippen molar-refractivity contribution in [2.75, 3.05) is 5.32 Å². The molecular weight excluding hydrogens is 232 g/mol. The molecule has 0 aliphatic rings. The Balaban J connectivity index is 2.21. The van der Waals surface area contributed by atoms with E-state index in [0.29, 0.717) is 0 Å². The monoisotopic (exact) mass is 248 g/mol. The Morgan fingerprint density at radius 1 is 1.35 bits per heavy atom. The largest absolute Gasteiger partial charge is 0.359 e. The number of hydrogen-bond donors (Lipinski definition) is 1. The lowest BCUT2D eigenvalue weighted by Gasteiger charge is -2.16. The van der Waals surface area contributed by atoms with E-state index in [1.165, 1.54) is 0 Å². The normalized spacial score (nSPS) is 12.4. The second-order valence-electron chi connectivity index (χ2n) is 3.92. The van der Waals surface area contributed by atoms with Crippen LogP contribution in [-0.4, -0.2) is 15.0 Å². The summed E-state index contributed by atoms with van der Waals surface area (Å²) in [6, 6.07) is 0.213. The van der Waals surface area contributed by atoms with Gasteiger partial charge in [-0.3, -0.25) is 4.98 Å². The van der Waals surface area contributed by atoms with Crippen LogP contribution in [0.4, 0.5) is 5.82 Å². The van der Waals surface area contributed by atoms with E-state index in [2.05, 4.69) is 27.2 Å². The Hall–Kier alpha value is -1.49. The molecule has 0 aromatic carbocycles. The summed E-state index contributed by atoms with van der Waals surface area (Å²) >= 11 is 1.66. The van der Waals surface area contributed by atoms with Gasteiger partial charge in [0.25, 0.3) is 0 Å². The van der Waals surface area contributed by atoms with Crippen LogP contribution >= 0.6 is 11.3 Å². The number of nitrogens with zero attached hydrogens (tertiary/aromatic N) is 3. The maximum Gasteiger partial charge on any atom is 0.148 e. The van der Waals surface area contributed by atoms with Crippen molar-refractivity contribution in [2.24, 2.45) is 0 Å². The smallest absolute Gasteiger partial charge is 0.148 e. The van der Waals surface area contributed by atoms with Gasteiger partial charge in [0, 0.05) is 17.8 Å². The van der Waals surface area contributed by atoms with E-state index >= 15 is 0 Å². The molecule has 0 fully saturated rings. The molecule has 0 aliphatic heterocycles. The van der Waals surface area contributed by atoms with Gasteiger partial charge in [0.05, 0.1) is 17.4 Å². The molecule has 0 spiro atoms. The van der Waals surface area contributed by atoms with Crippen LogP contribution in [0.3, 0.4) is 0 Å². The molecule has 0 amide bonds. The first-order chi connectivity index (χ1) is 8.20. The number of thiazole rings is 1. The van der Waals surface area contributed by atoms with Crippen LogP contribution in [0, 0.1) is 13.8 Å². The van der Waals surface area contributed by atoms with Gasteiger partial charge >= 0.3 is 0 Å².